The van der Waals surface area contributed by atoms with Crippen LogP contribution in [-0.2, 0) is 9.53 Å². The summed E-state index contributed by atoms with van der Waals surface area (Å²) in [4.78, 5) is 14.1. The topological polar surface area (TPSA) is 42.1 Å². The zero-order valence-electron chi connectivity index (χ0n) is 6.75. The van der Waals surface area contributed by atoms with Crippen molar-refractivity contribution in [2.45, 2.75) is 18.9 Å². The van der Waals surface area contributed by atoms with Crippen molar-refractivity contribution < 1.29 is 9.53 Å². The van der Waals surface area contributed by atoms with Crippen LogP contribution in [0.5, 0.6) is 0 Å². The highest BCUT2D eigenvalue weighted by molar-refractivity contribution is 5.79. The number of carbonyl (C=O) groups excluding carboxylic acids is 1. The van der Waals surface area contributed by atoms with Crippen LogP contribution >= 0.6 is 0 Å². The summed E-state index contributed by atoms with van der Waals surface area (Å²) in [5.41, 5.74) is 1.00. The Bertz CT molecular complexity index is 266. The molecule has 1 aromatic rings. The van der Waals surface area contributed by atoms with E-state index in [2.05, 4.69) is 4.98 Å². The van der Waals surface area contributed by atoms with Gasteiger partial charge in [0.25, 0.3) is 0 Å². The summed E-state index contributed by atoms with van der Waals surface area (Å²) in [6.45, 7) is 0.558. The first-order valence-corrected chi connectivity index (χ1v) is 4.13. The third kappa shape index (κ3) is 1.41. The van der Waals surface area contributed by atoms with Crippen LogP contribution in [-0.4, -0.2) is 17.4 Å². The van der Waals surface area contributed by atoms with E-state index in [1.807, 2.05) is 18.3 Å². The van der Waals surface area contributed by atoms with Crippen LogP contribution in [0.15, 0.2) is 18.3 Å². The minimum absolute atomic E-state index is 0.0405. The fourth-order valence-electron chi connectivity index (χ4n) is 1.43. The summed E-state index contributed by atoms with van der Waals surface area (Å²) >= 11 is 0. The summed E-state index contributed by atoms with van der Waals surface area (Å²) in [5.74, 6) is 0.292. The lowest BCUT2D eigenvalue weighted by Gasteiger charge is -2.20. The summed E-state index contributed by atoms with van der Waals surface area (Å²) in [6, 6.07) is 3.86. The first-order valence-electron chi connectivity index (χ1n) is 4.13. The van der Waals surface area contributed by atoms with E-state index in [4.69, 9.17) is 4.74 Å². The van der Waals surface area contributed by atoms with E-state index in [-0.39, 0.29) is 6.10 Å². The molecule has 1 aliphatic rings. The van der Waals surface area contributed by atoms with Gasteiger partial charge in [-0.3, -0.25) is 4.79 Å². The quantitative estimate of drug-likeness (QED) is 0.684. The van der Waals surface area contributed by atoms with E-state index < -0.39 is 0 Å². The molecule has 1 fully saturated rings. The van der Waals surface area contributed by atoms with Gasteiger partial charge in [0.05, 0.1) is 6.61 Å². The minimum Gasteiger partial charge on any atom is -0.371 e. The fourth-order valence-corrected chi connectivity index (χ4v) is 1.43. The van der Waals surface area contributed by atoms with Gasteiger partial charge < -0.3 is 9.72 Å². The van der Waals surface area contributed by atoms with E-state index >= 15 is 0 Å². The van der Waals surface area contributed by atoms with Crippen LogP contribution in [0.3, 0.4) is 0 Å². The van der Waals surface area contributed by atoms with Crippen LogP contribution in [0, 0.1) is 0 Å². The Morgan fingerprint density at radius 2 is 2.50 bits per heavy atom. The molecule has 0 aliphatic carbocycles. The van der Waals surface area contributed by atoms with Crippen LogP contribution in [0.1, 0.15) is 24.6 Å². The number of ether oxygens (including phenoxy) is 1. The Labute approximate surface area is 70.7 Å². The molecule has 1 unspecified atom stereocenters. The fraction of sp³-hybridized carbons (Fsp3) is 0.444. The Morgan fingerprint density at radius 3 is 3.17 bits per heavy atom. The van der Waals surface area contributed by atoms with Crippen molar-refractivity contribution in [3.63, 3.8) is 0 Å². The second-order valence-corrected chi connectivity index (χ2v) is 2.98. The lowest BCUT2D eigenvalue weighted by atomic mass is 10.1. The molecule has 1 aromatic heterocycles. The predicted octanol–water partition coefficient (Wildman–Crippen LogP) is 1.44. The molecule has 0 bridgehead atoms. The lowest BCUT2D eigenvalue weighted by molar-refractivity contribution is -0.128. The smallest absolute Gasteiger partial charge is 0.138 e. The van der Waals surface area contributed by atoms with Gasteiger partial charge in [0.1, 0.15) is 11.9 Å². The van der Waals surface area contributed by atoms with E-state index in [1.54, 1.807) is 0 Å². The number of hydrogen-bond donors (Lipinski definition) is 1. The number of H-pyrrole nitrogens is 1. The van der Waals surface area contributed by atoms with Crippen LogP contribution in [0.25, 0.3) is 0 Å². The second-order valence-electron chi connectivity index (χ2n) is 2.98. The minimum atomic E-state index is -0.0405. The number of nitrogens with one attached hydrogen (secondary N) is 1. The highest BCUT2D eigenvalue weighted by Gasteiger charge is 2.21. The molecule has 0 amide bonds. The summed E-state index contributed by atoms with van der Waals surface area (Å²) in [7, 11) is 0. The van der Waals surface area contributed by atoms with Gasteiger partial charge in [-0.2, -0.15) is 0 Å². The maximum absolute atomic E-state index is 11.1. The highest BCUT2D eigenvalue weighted by atomic mass is 16.5. The Balaban J connectivity index is 2.09. The van der Waals surface area contributed by atoms with Crippen molar-refractivity contribution in [2.24, 2.45) is 0 Å². The van der Waals surface area contributed by atoms with Gasteiger partial charge in [-0.05, 0) is 12.1 Å². The molecule has 12 heavy (non-hydrogen) atoms. The van der Waals surface area contributed by atoms with E-state index in [0.717, 1.165) is 5.69 Å². The van der Waals surface area contributed by atoms with Gasteiger partial charge >= 0.3 is 0 Å². The molecule has 2 rings (SSSR count). The number of ketones is 1. The number of aromatic nitrogens is 1. The van der Waals surface area contributed by atoms with E-state index in [1.165, 1.54) is 0 Å². The Kier molecular flexibility index (Phi) is 1.96. The molecule has 1 saturated heterocycles. The maximum atomic E-state index is 11.1. The van der Waals surface area contributed by atoms with Crippen LogP contribution in [0.2, 0.25) is 0 Å². The zero-order valence-corrected chi connectivity index (χ0v) is 6.75. The average Bonchev–Trinajstić information content (AvgIpc) is 2.56. The first kappa shape index (κ1) is 7.55. The molecule has 0 aromatic carbocycles. The van der Waals surface area contributed by atoms with E-state index in [9.17, 15) is 4.79 Å². The monoisotopic (exact) mass is 165 g/mol. The number of carbonyl (C=O) groups is 1. The van der Waals surface area contributed by atoms with Gasteiger partial charge in [0.15, 0.2) is 0 Å². The number of rotatable bonds is 1. The standard InChI is InChI=1S/C9H11NO2/c11-7-3-5-12-9(6-7)8-2-1-4-10-8/h1-2,4,9-10H,3,5-6H2. The van der Waals surface area contributed by atoms with Gasteiger partial charge in [0, 0.05) is 24.7 Å². The third-order valence-corrected chi connectivity index (χ3v) is 2.08. The van der Waals surface area contributed by atoms with Crippen molar-refractivity contribution in [3.05, 3.63) is 24.0 Å². The second kappa shape index (κ2) is 3.11. The van der Waals surface area contributed by atoms with Gasteiger partial charge in [0.2, 0.25) is 0 Å². The van der Waals surface area contributed by atoms with Crippen LogP contribution in [0.4, 0.5) is 0 Å². The molecule has 64 valence electrons. The molecule has 2 heterocycles. The van der Waals surface area contributed by atoms with Crippen molar-refractivity contribution in [1.82, 2.24) is 4.98 Å². The SMILES string of the molecule is O=C1CCOC(c2ccc[nH]2)C1. The van der Waals surface area contributed by atoms with Crippen molar-refractivity contribution in [3.8, 4) is 0 Å². The molecule has 1 N–H and O–H groups in total. The highest BCUT2D eigenvalue weighted by Crippen LogP contribution is 2.24. The number of hydrogen-bond acceptors (Lipinski definition) is 2. The molecule has 1 atom stereocenters. The largest absolute Gasteiger partial charge is 0.371 e. The van der Waals surface area contributed by atoms with Gasteiger partial charge in [-0.15, -0.1) is 0 Å². The third-order valence-electron chi connectivity index (χ3n) is 2.08. The Morgan fingerprint density at radius 1 is 1.58 bits per heavy atom. The molecule has 0 saturated carbocycles. The van der Waals surface area contributed by atoms with Gasteiger partial charge in [-0.25, -0.2) is 0 Å². The molecule has 3 heteroatoms. The molecular weight excluding hydrogens is 154 g/mol. The van der Waals surface area contributed by atoms with Crippen molar-refractivity contribution >= 4 is 5.78 Å². The molecule has 1 aliphatic heterocycles. The first-order chi connectivity index (χ1) is 5.86. The number of aromatic amines is 1. The lowest BCUT2D eigenvalue weighted by Crippen LogP contribution is -2.19. The number of Topliss-reactive ketones (excluding diaryl/α,β-unsaturated/α-hetero) is 1. The summed E-state index contributed by atoms with van der Waals surface area (Å²) < 4.78 is 5.44. The zero-order chi connectivity index (χ0) is 8.39. The van der Waals surface area contributed by atoms with Gasteiger partial charge in [-0.1, -0.05) is 0 Å². The normalized spacial score (nSPS) is 24.3. The summed E-state index contributed by atoms with van der Waals surface area (Å²) in [6.07, 6.45) is 2.89. The average molecular weight is 165 g/mol. The maximum Gasteiger partial charge on any atom is 0.138 e. The molecule has 3 nitrogen and oxygen atoms in total. The molecular formula is C9H11NO2. The molecule has 0 spiro atoms. The van der Waals surface area contributed by atoms with Crippen molar-refractivity contribution in [2.75, 3.05) is 6.61 Å². The van der Waals surface area contributed by atoms with Crippen LogP contribution < -0.4 is 0 Å². The van der Waals surface area contributed by atoms with E-state index in [0.29, 0.717) is 25.2 Å². The Hall–Kier alpha value is -1.09. The molecule has 0 radical (unpaired) electrons. The predicted molar refractivity (Wildman–Crippen MR) is 43.7 cm³/mol. The summed E-state index contributed by atoms with van der Waals surface area (Å²) in [5, 5.41) is 0. The van der Waals surface area contributed by atoms with Crippen molar-refractivity contribution in [1.29, 1.82) is 0 Å².